The predicted molar refractivity (Wildman–Crippen MR) is 79.9 cm³/mol. The van der Waals surface area contributed by atoms with E-state index in [0.717, 1.165) is 36.9 Å². The van der Waals surface area contributed by atoms with E-state index in [0.29, 0.717) is 19.0 Å². The first-order valence-electron chi connectivity index (χ1n) is 7.46. The monoisotopic (exact) mass is 275 g/mol. The van der Waals surface area contributed by atoms with Crippen LogP contribution in [0.1, 0.15) is 43.9 Å². The summed E-state index contributed by atoms with van der Waals surface area (Å²) < 4.78 is 0. The molecule has 110 valence electrons. The number of amides is 1. The van der Waals surface area contributed by atoms with Crippen LogP contribution in [-0.4, -0.2) is 17.4 Å². The molecule has 0 aliphatic heterocycles. The molecule has 1 saturated carbocycles. The largest absolute Gasteiger partial charge is 0.350 e. The molecule has 1 aromatic heterocycles. The van der Waals surface area contributed by atoms with E-state index in [1.54, 1.807) is 6.20 Å². The first-order chi connectivity index (χ1) is 9.57. The van der Waals surface area contributed by atoms with Crippen LogP contribution in [0.3, 0.4) is 0 Å². The van der Waals surface area contributed by atoms with Gasteiger partial charge in [0.15, 0.2) is 0 Å². The number of aromatic nitrogens is 1. The lowest BCUT2D eigenvalue weighted by atomic mass is 9.70. The van der Waals surface area contributed by atoms with Crippen LogP contribution in [0.25, 0.3) is 0 Å². The number of aryl methyl sites for hydroxylation is 1. The van der Waals surface area contributed by atoms with Gasteiger partial charge in [0, 0.05) is 12.7 Å². The molecule has 0 bridgehead atoms. The molecule has 3 N–H and O–H groups in total. The smallest absolute Gasteiger partial charge is 0.227 e. The molecule has 0 unspecified atom stereocenters. The van der Waals surface area contributed by atoms with Crippen LogP contribution in [0.4, 0.5) is 0 Å². The summed E-state index contributed by atoms with van der Waals surface area (Å²) in [6, 6.07) is 3.92. The van der Waals surface area contributed by atoms with E-state index in [1.807, 2.05) is 19.1 Å². The highest BCUT2D eigenvalue weighted by Crippen LogP contribution is 2.38. The second kappa shape index (κ2) is 6.35. The molecule has 1 aliphatic carbocycles. The second-order valence-corrected chi connectivity index (χ2v) is 6.12. The molecule has 2 rings (SSSR count). The van der Waals surface area contributed by atoms with Crippen LogP contribution in [0.2, 0.25) is 0 Å². The van der Waals surface area contributed by atoms with E-state index >= 15 is 0 Å². The van der Waals surface area contributed by atoms with Gasteiger partial charge in [-0.05, 0) is 50.2 Å². The van der Waals surface area contributed by atoms with Crippen molar-refractivity contribution in [2.45, 2.75) is 46.1 Å². The van der Waals surface area contributed by atoms with Gasteiger partial charge in [-0.2, -0.15) is 0 Å². The molecule has 0 saturated heterocycles. The lowest BCUT2D eigenvalue weighted by Gasteiger charge is -2.37. The van der Waals surface area contributed by atoms with E-state index in [4.69, 9.17) is 5.73 Å². The number of nitrogens with two attached hydrogens (primary N) is 1. The SMILES string of the molecule is Cc1cccnc1CNC(=O)C1(CN)CCC(C)CC1. The Balaban J connectivity index is 1.98. The van der Waals surface area contributed by atoms with Crippen molar-refractivity contribution in [3.05, 3.63) is 29.6 Å². The maximum absolute atomic E-state index is 12.5. The average Bonchev–Trinajstić information content (AvgIpc) is 2.47. The van der Waals surface area contributed by atoms with Gasteiger partial charge in [-0.3, -0.25) is 9.78 Å². The molecule has 1 amide bonds. The molecule has 0 aromatic carbocycles. The Labute approximate surface area is 121 Å². The zero-order valence-corrected chi connectivity index (χ0v) is 12.5. The van der Waals surface area contributed by atoms with Crippen LogP contribution in [0, 0.1) is 18.3 Å². The van der Waals surface area contributed by atoms with Gasteiger partial charge in [-0.1, -0.05) is 13.0 Å². The molecule has 0 atom stereocenters. The lowest BCUT2D eigenvalue weighted by Crippen LogP contribution is -2.47. The van der Waals surface area contributed by atoms with Gasteiger partial charge in [0.05, 0.1) is 17.7 Å². The van der Waals surface area contributed by atoms with Gasteiger partial charge in [-0.25, -0.2) is 0 Å². The summed E-state index contributed by atoms with van der Waals surface area (Å²) in [7, 11) is 0. The molecule has 4 heteroatoms. The number of hydrogen-bond donors (Lipinski definition) is 2. The molecule has 4 nitrogen and oxygen atoms in total. The lowest BCUT2D eigenvalue weighted by molar-refractivity contribution is -0.133. The summed E-state index contributed by atoms with van der Waals surface area (Å²) in [6.07, 6.45) is 5.74. The first kappa shape index (κ1) is 15.0. The maximum Gasteiger partial charge on any atom is 0.227 e. The Morgan fingerprint density at radius 1 is 1.50 bits per heavy atom. The van der Waals surface area contributed by atoms with Gasteiger partial charge in [0.25, 0.3) is 0 Å². The third-order valence-electron chi connectivity index (χ3n) is 4.64. The molecule has 20 heavy (non-hydrogen) atoms. The fraction of sp³-hybridized carbons (Fsp3) is 0.625. The summed E-state index contributed by atoms with van der Waals surface area (Å²) in [4.78, 5) is 16.8. The summed E-state index contributed by atoms with van der Waals surface area (Å²) in [6.45, 7) is 5.18. The Morgan fingerprint density at radius 3 is 2.80 bits per heavy atom. The molecule has 0 radical (unpaired) electrons. The molecule has 1 aliphatic rings. The highest BCUT2D eigenvalue weighted by Gasteiger charge is 2.39. The van der Waals surface area contributed by atoms with Gasteiger partial charge in [-0.15, -0.1) is 0 Å². The molecule has 1 fully saturated rings. The third kappa shape index (κ3) is 3.18. The van der Waals surface area contributed by atoms with Gasteiger partial charge < -0.3 is 11.1 Å². The number of nitrogens with zero attached hydrogens (tertiary/aromatic N) is 1. The zero-order valence-electron chi connectivity index (χ0n) is 12.5. The minimum atomic E-state index is -0.366. The van der Waals surface area contributed by atoms with Gasteiger partial charge >= 0.3 is 0 Å². The summed E-state index contributed by atoms with van der Waals surface area (Å²) >= 11 is 0. The van der Waals surface area contributed by atoms with Crippen LogP contribution >= 0.6 is 0 Å². The van der Waals surface area contributed by atoms with E-state index in [1.165, 1.54) is 0 Å². The van der Waals surface area contributed by atoms with E-state index < -0.39 is 0 Å². The maximum atomic E-state index is 12.5. The zero-order chi connectivity index (χ0) is 14.6. The topological polar surface area (TPSA) is 68.0 Å². The number of rotatable bonds is 4. The molecule has 0 spiro atoms. The molecular formula is C16H25N3O. The van der Waals surface area contributed by atoms with Crippen molar-refractivity contribution in [1.29, 1.82) is 0 Å². The Morgan fingerprint density at radius 2 is 2.20 bits per heavy atom. The number of carbonyl (C=O) groups excluding carboxylic acids is 1. The standard InChI is InChI=1S/C16H25N3O/c1-12-5-7-16(11-17,8-6-12)15(20)19-10-14-13(2)4-3-9-18-14/h3-4,9,12H,5-8,10-11,17H2,1-2H3,(H,19,20). The average molecular weight is 275 g/mol. The van der Waals surface area contributed by atoms with Crippen molar-refractivity contribution in [3.8, 4) is 0 Å². The summed E-state index contributed by atoms with van der Waals surface area (Å²) in [5, 5.41) is 3.03. The minimum Gasteiger partial charge on any atom is -0.350 e. The first-order valence-corrected chi connectivity index (χ1v) is 7.46. The van der Waals surface area contributed by atoms with Crippen molar-refractivity contribution >= 4 is 5.91 Å². The Bertz CT molecular complexity index is 465. The van der Waals surface area contributed by atoms with Crippen molar-refractivity contribution in [2.75, 3.05) is 6.54 Å². The normalized spacial score (nSPS) is 26.2. The fourth-order valence-corrected chi connectivity index (χ4v) is 2.89. The molecule has 1 heterocycles. The quantitative estimate of drug-likeness (QED) is 0.885. The summed E-state index contributed by atoms with van der Waals surface area (Å²) in [5.41, 5.74) is 7.57. The third-order valence-corrected chi connectivity index (χ3v) is 4.64. The van der Waals surface area contributed by atoms with Gasteiger partial charge in [0.2, 0.25) is 5.91 Å². The van der Waals surface area contributed by atoms with E-state index in [2.05, 4.69) is 17.2 Å². The van der Waals surface area contributed by atoms with Crippen molar-refractivity contribution in [3.63, 3.8) is 0 Å². The number of nitrogens with one attached hydrogen (secondary N) is 1. The fourth-order valence-electron chi connectivity index (χ4n) is 2.89. The highest BCUT2D eigenvalue weighted by atomic mass is 16.2. The molecular weight excluding hydrogens is 250 g/mol. The predicted octanol–water partition coefficient (Wildman–Crippen LogP) is 2.16. The van der Waals surface area contributed by atoms with Crippen LogP contribution in [0.15, 0.2) is 18.3 Å². The van der Waals surface area contributed by atoms with Crippen LogP contribution in [-0.2, 0) is 11.3 Å². The van der Waals surface area contributed by atoms with E-state index in [9.17, 15) is 4.79 Å². The van der Waals surface area contributed by atoms with Crippen LogP contribution in [0.5, 0.6) is 0 Å². The summed E-state index contributed by atoms with van der Waals surface area (Å²) in [5.74, 6) is 0.803. The van der Waals surface area contributed by atoms with Crippen LogP contribution < -0.4 is 11.1 Å². The Kier molecular flexibility index (Phi) is 4.76. The van der Waals surface area contributed by atoms with Crippen molar-refractivity contribution < 1.29 is 4.79 Å². The second-order valence-electron chi connectivity index (χ2n) is 6.12. The minimum absolute atomic E-state index is 0.0944. The van der Waals surface area contributed by atoms with Crippen molar-refractivity contribution in [2.24, 2.45) is 17.1 Å². The Hall–Kier alpha value is -1.42. The van der Waals surface area contributed by atoms with E-state index in [-0.39, 0.29) is 11.3 Å². The number of hydrogen-bond acceptors (Lipinski definition) is 3. The molecule has 1 aromatic rings. The number of pyridine rings is 1. The van der Waals surface area contributed by atoms with Gasteiger partial charge in [0.1, 0.15) is 0 Å². The van der Waals surface area contributed by atoms with Crippen molar-refractivity contribution in [1.82, 2.24) is 10.3 Å². The number of carbonyl (C=O) groups is 1. The highest BCUT2D eigenvalue weighted by molar-refractivity contribution is 5.83.